The molecule has 32 heavy (non-hydrogen) atoms. The van der Waals surface area contributed by atoms with Crippen LogP contribution < -0.4 is 32.7 Å². The number of nitrogens with two attached hydrogens (primary N) is 2. The number of rotatable bonds is 9. The summed E-state index contributed by atoms with van der Waals surface area (Å²) in [6.07, 6.45) is 2.19. The molecule has 4 aromatic rings. The second-order valence-electron chi connectivity index (χ2n) is 8.03. The fourth-order valence-corrected chi connectivity index (χ4v) is 8.63. The highest BCUT2D eigenvalue weighted by molar-refractivity contribution is 7.95. The molecule has 0 aromatic heterocycles. The number of nitrogens with one attached hydrogen (secondary N) is 1. The minimum absolute atomic E-state index is 0.636. The van der Waals surface area contributed by atoms with Crippen molar-refractivity contribution in [3.63, 3.8) is 0 Å². The van der Waals surface area contributed by atoms with Crippen LogP contribution in [0.2, 0.25) is 0 Å². The van der Waals surface area contributed by atoms with Crippen molar-refractivity contribution in [3.05, 3.63) is 115 Å². The van der Waals surface area contributed by atoms with E-state index in [0.717, 1.165) is 31.2 Å². The first-order valence-corrected chi connectivity index (χ1v) is 13.1. The first-order valence-electron chi connectivity index (χ1n) is 11.1. The summed E-state index contributed by atoms with van der Waals surface area (Å²) >= 11 is 0. The Morgan fingerprint density at radius 3 is 1.56 bits per heavy atom. The van der Waals surface area contributed by atoms with E-state index >= 15 is 0 Å². The normalized spacial score (nSPS) is 11.4. The van der Waals surface area contributed by atoms with E-state index in [2.05, 4.69) is 96.3 Å². The fraction of sp³-hybridized carbons (Fsp3) is 0.143. The zero-order valence-corrected chi connectivity index (χ0v) is 19.2. The summed E-state index contributed by atoms with van der Waals surface area (Å²) in [5.41, 5.74) is 14.2. The minimum atomic E-state index is -1.76. The molecule has 5 N–H and O–H groups in total. The van der Waals surface area contributed by atoms with Gasteiger partial charge in [0.15, 0.2) is 0 Å². The van der Waals surface area contributed by atoms with Crippen molar-refractivity contribution in [2.45, 2.75) is 13.0 Å². The monoisotopic (exact) mass is 440 g/mol. The molecule has 3 nitrogen and oxygen atoms in total. The zero-order valence-electron chi connectivity index (χ0n) is 18.3. The maximum absolute atomic E-state index is 5.95. The highest BCUT2D eigenvalue weighted by Gasteiger charge is 2.44. The molecule has 0 fully saturated rings. The van der Waals surface area contributed by atoms with Gasteiger partial charge in [-0.2, -0.15) is 0 Å². The molecule has 0 spiro atoms. The van der Waals surface area contributed by atoms with Crippen LogP contribution in [0, 0.1) is 0 Å². The average Bonchev–Trinajstić information content (AvgIpc) is 2.85. The van der Waals surface area contributed by atoms with E-state index in [4.69, 9.17) is 11.5 Å². The van der Waals surface area contributed by atoms with Gasteiger partial charge < -0.3 is 16.8 Å². The third-order valence-electron chi connectivity index (χ3n) is 5.92. The molecule has 0 saturated carbocycles. The molecule has 0 aliphatic heterocycles. The number of hydrogen-bond donors (Lipinski definition) is 3. The van der Waals surface area contributed by atoms with Gasteiger partial charge >= 0.3 is 0 Å². The largest absolute Gasteiger partial charge is 0.397 e. The van der Waals surface area contributed by atoms with E-state index in [-0.39, 0.29) is 0 Å². The molecule has 0 aliphatic carbocycles. The molecule has 0 saturated heterocycles. The van der Waals surface area contributed by atoms with E-state index in [9.17, 15) is 0 Å². The van der Waals surface area contributed by atoms with Gasteiger partial charge in [-0.25, -0.2) is 0 Å². The number of benzene rings is 4. The molecular weight excluding hydrogens is 409 g/mol. The first-order chi connectivity index (χ1) is 15.7. The van der Waals surface area contributed by atoms with Crippen molar-refractivity contribution >= 4 is 34.6 Å². The molecule has 0 amide bonds. The van der Waals surface area contributed by atoms with Gasteiger partial charge in [0.2, 0.25) is 0 Å². The van der Waals surface area contributed by atoms with Gasteiger partial charge in [-0.15, -0.1) is 0 Å². The Morgan fingerprint density at radius 2 is 1.09 bits per heavy atom. The summed E-state index contributed by atoms with van der Waals surface area (Å²) in [5, 5.41) is 7.90. The highest BCUT2D eigenvalue weighted by atomic mass is 31.2. The smallest absolute Gasteiger partial charge is 0.112 e. The first kappa shape index (κ1) is 22.1. The van der Waals surface area contributed by atoms with E-state index < -0.39 is 7.26 Å². The van der Waals surface area contributed by atoms with Crippen molar-refractivity contribution in [1.82, 2.24) is 5.32 Å². The van der Waals surface area contributed by atoms with Crippen molar-refractivity contribution in [3.8, 4) is 0 Å². The molecule has 4 aromatic carbocycles. The van der Waals surface area contributed by atoms with Gasteiger partial charge in [-0.1, -0.05) is 60.7 Å². The summed E-state index contributed by atoms with van der Waals surface area (Å²) in [7, 11) is -1.76. The van der Waals surface area contributed by atoms with Crippen LogP contribution in [0.15, 0.2) is 109 Å². The van der Waals surface area contributed by atoms with Crippen LogP contribution in [-0.2, 0) is 6.54 Å². The number of anilines is 2. The van der Waals surface area contributed by atoms with Gasteiger partial charge in [0, 0.05) is 6.54 Å². The van der Waals surface area contributed by atoms with E-state index in [1.165, 1.54) is 15.9 Å². The Morgan fingerprint density at radius 1 is 0.594 bits per heavy atom. The zero-order chi connectivity index (χ0) is 22.2. The van der Waals surface area contributed by atoms with Gasteiger partial charge in [0.05, 0.1) is 17.5 Å². The van der Waals surface area contributed by atoms with E-state index in [0.29, 0.717) is 11.4 Å². The van der Waals surface area contributed by atoms with Gasteiger partial charge in [0.1, 0.15) is 23.2 Å². The van der Waals surface area contributed by atoms with Crippen molar-refractivity contribution in [2.75, 3.05) is 24.2 Å². The molecule has 4 heteroatoms. The van der Waals surface area contributed by atoms with Crippen LogP contribution in [0.5, 0.6) is 0 Å². The van der Waals surface area contributed by atoms with Crippen LogP contribution in [0.4, 0.5) is 11.4 Å². The summed E-state index contributed by atoms with van der Waals surface area (Å²) in [6, 6.07) is 39.0. The predicted octanol–water partition coefficient (Wildman–Crippen LogP) is 4.32. The molecule has 0 heterocycles. The van der Waals surface area contributed by atoms with E-state index in [1.54, 1.807) is 0 Å². The molecule has 0 atom stereocenters. The van der Waals surface area contributed by atoms with E-state index in [1.807, 2.05) is 18.2 Å². The average molecular weight is 441 g/mol. The SMILES string of the molecule is Nc1ccc(CNCCC[P+](c2ccccc2)(c2ccccc2)c2ccccc2)cc1N. The number of nitrogen functional groups attached to an aromatic ring is 2. The lowest BCUT2D eigenvalue weighted by molar-refractivity contribution is 0.678. The Bertz CT molecular complexity index is 1020. The van der Waals surface area contributed by atoms with Crippen LogP contribution in [-0.4, -0.2) is 12.7 Å². The maximum atomic E-state index is 5.95. The Balaban J connectivity index is 1.57. The van der Waals surface area contributed by atoms with Gasteiger partial charge in [0.25, 0.3) is 0 Å². The van der Waals surface area contributed by atoms with Crippen LogP contribution >= 0.6 is 7.26 Å². The molecule has 0 aliphatic rings. The topological polar surface area (TPSA) is 64.1 Å². The third kappa shape index (κ3) is 4.85. The molecule has 0 radical (unpaired) electrons. The summed E-state index contributed by atoms with van der Waals surface area (Å²) in [6.45, 7) is 1.73. The highest BCUT2D eigenvalue weighted by Crippen LogP contribution is 2.55. The van der Waals surface area contributed by atoms with Gasteiger partial charge in [-0.05, 0) is 67.1 Å². The van der Waals surface area contributed by atoms with Crippen LogP contribution in [0.25, 0.3) is 0 Å². The number of hydrogen-bond acceptors (Lipinski definition) is 3. The molecule has 0 unspecified atom stereocenters. The molecule has 0 bridgehead atoms. The lowest BCUT2D eigenvalue weighted by atomic mass is 10.2. The van der Waals surface area contributed by atoms with Crippen molar-refractivity contribution in [2.24, 2.45) is 0 Å². The van der Waals surface area contributed by atoms with Crippen LogP contribution in [0.3, 0.4) is 0 Å². The quantitative estimate of drug-likeness (QED) is 0.206. The summed E-state index contributed by atoms with van der Waals surface area (Å²) in [4.78, 5) is 0. The van der Waals surface area contributed by atoms with Crippen molar-refractivity contribution in [1.29, 1.82) is 0 Å². The Kier molecular flexibility index (Phi) is 7.21. The second kappa shape index (κ2) is 10.5. The van der Waals surface area contributed by atoms with Crippen LogP contribution in [0.1, 0.15) is 12.0 Å². The fourth-order valence-electron chi connectivity index (χ4n) is 4.29. The maximum Gasteiger partial charge on any atom is 0.112 e. The molecular formula is C28H31N3P+. The second-order valence-corrected chi connectivity index (χ2v) is 11.6. The standard InChI is InChI=1S/C28H31N3P/c29-27-18-17-23(21-28(27)30)22-31-19-10-20-32(24-11-4-1-5-12-24,25-13-6-2-7-14-25)26-15-8-3-9-16-26/h1-9,11-18,21,31H,10,19-20,22,29-30H2/q+1. The lowest BCUT2D eigenvalue weighted by Gasteiger charge is -2.27. The summed E-state index contributed by atoms with van der Waals surface area (Å²) in [5.74, 6) is 0. The predicted molar refractivity (Wildman–Crippen MR) is 142 cm³/mol. The Hall–Kier alpha value is -3.13. The van der Waals surface area contributed by atoms with Crippen molar-refractivity contribution < 1.29 is 0 Å². The third-order valence-corrected chi connectivity index (χ3v) is 10.4. The van der Waals surface area contributed by atoms with Gasteiger partial charge in [-0.3, -0.25) is 0 Å². The lowest BCUT2D eigenvalue weighted by Crippen LogP contribution is -2.34. The molecule has 162 valence electrons. The Labute approximate surface area is 191 Å². The molecule has 4 rings (SSSR count). The minimum Gasteiger partial charge on any atom is -0.397 e. The summed E-state index contributed by atoms with van der Waals surface area (Å²) < 4.78 is 0.